The number of carbonyl (C=O) groups is 1. The van der Waals surface area contributed by atoms with E-state index in [9.17, 15) is 4.79 Å². The Balaban J connectivity index is 0.00000306. The van der Waals surface area contributed by atoms with Crippen molar-refractivity contribution in [1.82, 2.24) is 19.9 Å². The second kappa shape index (κ2) is 11.4. The highest BCUT2D eigenvalue weighted by atomic mass is 35.5. The molecule has 9 heteroatoms. The van der Waals surface area contributed by atoms with Crippen molar-refractivity contribution in [3.63, 3.8) is 0 Å². The third kappa shape index (κ3) is 5.58. The van der Waals surface area contributed by atoms with Gasteiger partial charge in [-0.3, -0.25) is 14.7 Å². The number of amides is 1. The van der Waals surface area contributed by atoms with Crippen molar-refractivity contribution in [1.29, 1.82) is 0 Å². The van der Waals surface area contributed by atoms with Crippen LogP contribution in [0.15, 0.2) is 48.7 Å². The monoisotopic (exact) mass is 485 g/mol. The van der Waals surface area contributed by atoms with Gasteiger partial charge in [0.25, 0.3) is 5.91 Å². The number of likely N-dealkylation sites (N-methyl/N-ethyl adjacent to an activating group) is 1. The summed E-state index contributed by atoms with van der Waals surface area (Å²) in [5, 5.41) is 0.653. The maximum absolute atomic E-state index is 13.6. The molecule has 2 aromatic heterocycles. The number of thiazole rings is 1. The van der Waals surface area contributed by atoms with E-state index < -0.39 is 0 Å². The van der Waals surface area contributed by atoms with Crippen molar-refractivity contribution in [3.8, 4) is 5.75 Å². The number of halogens is 1. The lowest BCUT2D eigenvalue weighted by Gasteiger charge is -2.24. The van der Waals surface area contributed by atoms with E-state index >= 15 is 0 Å². The molecule has 0 aliphatic carbocycles. The first-order valence-electron chi connectivity index (χ1n) is 10.9. The van der Waals surface area contributed by atoms with Gasteiger partial charge >= 0.3 is 0 Å². The Kier molecular flexibility index (Phi) is 8.55. The normalized spacial score (nSPS) is 11.0. The third-order valence-corrected chi connectivity index (χ3v) is 6.38. The quantitative estimate of drug-likeness (QED) is 0.330. The summed E-state index contributed by atoms with van der Waals surface area (Å²) >= 11 is 1.49. The molecule has 33 heavy (non-hydrogen) atoms. The van der Waals surface area contributed by atoms with Gasteiger partial charge in [-0.05, 0) is 50.3 Å². The van der Waals surface area contributed by atoms with Crippen LogP contribution in [0.2, 0.25) is 0 Å². The minimum absolute atomic E-state index is 0. The van der Waals surface area contributed by atoms with Crippen LogP contribution < -0.4 is 9.64 Å². The number of benzene rings is 2. The van der Waals surface area contributed by atoms with Crippen LogP contribution in [0.25, 0.3) is 21.3 Å². The van der Waals surface area contributed by atoms with Crippen molar-refractivity contribution in [2.24, 2.45) is 0 Å². The Hall–Kier alpha value is -2.81. The van der Waals surface area contributed by atoms with Gasteiger partial charge in [0.15, 0.2) is 5.13 Å². The molecule has 0 aliphatic heterocycles. The van der Waals surface area contributed by atoms with E-state index in [0.29, 0.717) is 29.5 Å². The fourth-order valence-electron chi connectivity index (χ4n) is 3.53. The summed E-state index contributed by atoms with van der Waals surface area (Å²) in [6.07, 6.45) is 1.55. The molecular weight excluding hydrogens is 458 g/mol. The van der Waals surface area contributed by atoms with Crippen molar-refractivity contribution < 1.29 is 9.53 Å². The van der Waals surface area contributed by atoms with Crippen LogP contribution in [-0.2, 0) is 0 Å². The highest BCUT2D eigenvalue weighted by Gasteiger charge is 2.23. The lowest BCUT2D eigenvalue weighted by Crippen LogP contribution is -2.39. The molecule has 0 saturated carbocycles. The zero-order valence-corrected chi connectivity index (χ0v) is 20.7. The first kappa shape index (κ1) is 24.8. The summed E-state index contributed by atoms with van der Waals surface area (Å²) in [5.41, 5.74) is 2.63. The van der Waals surface area contributed by atoms with Gasteiger partial charge in [-0.1, -0.05) is 37.3 Å². The molecule has 4 aromatic rings. The number of nitrogens with zero attached hydrogens (tertiary/aromatic N) is 5. The van der Waals surface area contributed by atoms with Crippen LogP contribution in [0, 0.1) is 0 Å². The van der Waals surface area contributed by atoms with Gasteiger partial charge in [-0.15, -0.1) is 12.4 Å². The molecule has 2 heterocycles. The van der Waals surface area contributed by atoms with Gasteiger partial charge < -0.3 is 9.64 Å². The second-order valence-corrected chi connectivity index (χ2v) is 8.30. The van der Waals surface area contributed by atoms with Gasteiger partial charge in [0.1, 0.15) is 11.4 Å². The molecule has 0 radical (unpaired) electrons. The van der Waals surface area contributed by atoms with Gasteiger partial charge in [0.05, 0.1) is 34.1 Å². The van der Waals surface area contributed by atoms with Gasteiger partial charge in [-0.25, -0.2) is 9.97 Å². The van der Waals surface area contributed by atoms with E-state index in [0.717, 1.165) is 41.1 Å². The molecule has 0 spiro atoms. The van der Waals surface area contributed by atoms with Crippen LogP contribution >= 0.6 is 23.7 Å². The zero-order chi connectivity index (χ0) is 22.5. The lowest BCUT2D eigenvalue weighted by molar-refractivity contribution is 0.0979. The zero-order valence-electron chi connectivity index (χ0n) is 19.0. The number of para-hydroxylation sites is 2. The highest BCUT2D eigenvalue weighted by Crippen LogP contribution is 2.32. The van der Waals surface area contributed by atoms with E-state index in [1.54, 1.807) is 11.1 Å². The predicted molar refractivity (Wildman–Crippen MR) is 137 cm³/mol. The second-order valence-electron chi connectivity index (χ2n) is 7.29. The van der Waals surface area contributed by atoms with Gasteiger partial charge in [0.2, 0.25) is 0 Å². The molecule has 174 valence electrons. The number of rotatable bonds is 9. The molecule has 0 N–H and O–H groups in total. The summed E-state index contributed by atoms with van der Waals surface area (Å²) in [7, 11) is 0. The van der Waals surface area contributed by atoms with Crippen molar-refractivity contribution >= 4 is 56.0 Å². The third-order valence-electron chi connectivity index (χ3n) is 5.34. The van der Waals surface area contributed by atoms with Crippen LogP contribution in [0.3, 0.4) is 0 Å². The van der Waals surface area contributed by atoms with E-state index in [4.69, 9.17) is 9.72 Å². The standard InChI is InChI=1S/C24H27N5O2S.ClH/c1-4-28(5-2)13-14-29(23(30)21-16-25-18-9-7-8-10-19(18)26-21)24-27-20-12-11-17(31-6-3)15-22(20)32-24;/h7-12,15-16H,4-6,13-14H2,1-3H3;1H. The molecule has 0 bridgehead atoms. The summed E-state index contributed by atoms with van der Waals surface area (Å²) in [5.74, 6) is 0.608. The molecule has 0 atom stereocenters. The summed E-state index contributed by atoms with van der Waals surface area (Å²) in [6, 6.07) is 13.4. The SMILES string of the molecule is CCOc1ccc2nc(N(CCN(CC)CC)C(=O)c3cnc4ccccc4n3)sc2c1.Cl. The lowest BCUT2D eigenvalue weighted by atomic mass is 10.3. The van der Waals surface area contributed by atoms with Crippen molar-refractivity contribution in [2.75, 3.05) is 37.7 Å². The molecule has 0 saturated heterocycles. The number of aromatic nitrogens is 3. The van der Waals surface area contributed by atoms with E-state index in [1.165, 1.54) is 11.3 Å². The Morgan fingerprint density at radius 1 is 0.970 bits per heavy atom. The molecule has 7 nitrogen and oxygen atoms in total. The summed E-state index contributed by atoms with van der Waals surface area (Å²) < 4.78 is 6.61. The number of hydrogen-bond donors (Lipinski definition) is 0. The molecule has 0 fully saturated rings. The fourth-order valence-corrected chi connectivity index (χ4v) is 4.55. The Morgan fingerprint density at radius 2 is 1.73 bits per heavy atom. The maximum Gasteiger partial charge on any atom is 0.280 e. The number of fused-ring (bicyclic) bond motifs is 2. The predicted octanol–water partition coefficient (Wildman–Crippen LogP) is 5.05. The van der Waals surface area contributed by atoms with E-state index in [2.05, 4.69) is 28.7 Å². The molecule has 0 unspecified atom stereocenters. The van der Waals surface area contributed by atoms with Crippen molar-refractivity contribution in [2.45, 2.75) is 20.8 Å². The number of anilines is 1. The average molecular weight is 486 g/mol. The highest BCUT2D eigenvalue weighted by molar-refractivity contribution is 7.22. The largest absolute Gasteiger partial charge is 0.494 e. The minimum atomic E-state index is -0.195. The smallest absolute Gasteiger partial charge is 0.280 e. The summed E-state index contributed by atoms with van der Waals surface area (Å²) in [4.78, 5) is 31.3. The van der Waals surface area contributed by atoms with Crippen LogP contribution in [0.1, 0.15) is 31.3 Å². The minimum Gasteiger partial charge on any atom is -0.494 e. The Morgan fingerprint density at radius 3 is 2.45 bits per heavy atom. The Bertz CT molecular complexity index is 1230. The summed E-state index contributed by atoms with van der Waals surface area (Å²) in [6.45, 7) is 9.92. The molecule has 2 aromatic carbocycles. The average Bonchev–Trinajstić information content (AvgIpc) is 3.24. The molecule has 1 amide bonds. The number of carbonyl (C=O) groups excluding carboxylic acids is 1. The van der Waals surface area contributed by atoms with Crippen molar-refractivity contribution in [3.05, 3.63) is 54.4 Å². The van der Waals surface area contributed by atoms with E-state index in [-0.39, 0.29) is 18.3 Å². The molecular formula is C24H28ClN5O2S. The van der Waals surface area contributed by atoms with Crippen LogP contribution in [0.4, 0.5) is 5.13 Å². The first-order chi connectivity index (χ1) is 15.6. The van der Waals surface area contributed by atoms with Crippen LogP contribution in [-0.4, -0.2) is 58.5 Å². The fraction of sp³-hybridized carbons (Fsp3) is 0.333. The first-order valence-corrected chi connectivity index (χ1v) is 11.7. The molecule has 4 rings (SSSR count). The van der Waals surface area contributed by atoms with E-state index in [1.807, 2.05) is 49.4 Å². The number of ether oxygens (including phenoxy) is 1. The maximum atomic E-state index is 13.6. The Labute approximate surface area is 203 Å². The van der Waals surface area contributed by atoms with Crippen LogP contribution in [0.5, 0.6) is 5.75 Å². The van der Waals surface area contributed by atoms with Gasteiger partial charge in [0, 0.05) is 13.1 Å². The molecule has 0 aliphatic rings. The topological polar surface area (TPSA) is 71.5 Å². The van der Waals surface area contributed by atoms with Gasteiger partial charge in [-0.2, -0.15) is 0 Å². The number of hydrogen-bond acceptors (Lipinski definition) is 7.